The van der Waals surface area contributed by atoms with E-state index >= 15 is 0 Å². The van der Waals surface area contributed by atoms with Crippen molar-refractivity contribution in [1.29, 1.82) is 0 Å². The second kappa shape index (κ2) is 8.24. The number of rotatable bonds is 5. The molecule has 3 heterocycles. The zero-order valence-electron chi connectivity index (χ0n) is 18.5. The van der Waals surface area contributed by atoms with Crippen LogP contribution in [0.4, 0.5) is 10.2 Å². The maximum absolute atomic E-state index is 14.9. The summed E-state index contributed by atoms with van der Waals surface area (Å²) in [4.78, 5) is 21.8. The van der Waals surface area contributed by atoms with E-state index in [0.717, 1.165) is 31.9 Å². The fourth-order valence-electron chi connectivity index (χ4n) is 4.27. The molecule has 0 saturated heterocycles. The van der Waals surface area contributed by atoms with Crippen LogP contribution >= 0.6 is 11.3 Å². The Morgan fingerprint density at radius 1 is 1.30 bits per heavy atom. The average Bonchev–Trinajstić information content (AvgIpc) is 3.33. The lowest BCUT2D eigenvalue weighted by Crippen LogP contribution is -2.24. The standard InChI is InChI=1S/C24H23FN4O3S/c1-4-31-20-8-19-21(33-12(3)28-19)5-13(20)9-27-24(30)15-6-14-16-10-32-11(2)22(16)23(26)29-18(14)7-17(15)25/h5-8,11H,4,9-10H2,1-3H3,(H2,26,29)(H,27,30). The minimum Gasteiger partial charge on any atom is -0.493 e. The van der Waals surface area contributed by atoms with Crippen molar-refractivity contribution in [2.45, 2.75) is 40.0 Å². The Morgan fingerprint density at radius 2 is 2.12 bits per heavy atom. The molecule has 1 unspecified atom stereocenters. The molecule has 9 heteroatoms. The van der Waals surface area contributed by atoms with Crippen LogP contribution < -0.4 is 15.8 Å². The highest BCUT2D eigenvalue weighted by Gasteiger charge is 2.27. The predicted molar refractivity (Wildman–Crippen MR) is 126 cm³/mol. The number of fused-ring (bicyclic) bond motifs is 4. The van der Waals surface area contributed by atoms with E-state index in [9.17, 15) is 9.18 Å². The second-order valence-electron chi connectivity index (χ2n) is 7.97. The van der Waals surface area contributed by atoms with Gasteiger partial charge in [-0.25, -0.2) is 14.4 Å². The molecule has 0 saturated carbocycles. The number of thiazole rings is 1. The molecule has 2 aromatic heterocycles. The molecule has 1 aliphatic rings. The van der Waals surface area contributed by atoms with Crippen molar-refractivity contribution >= 4 is 44.2 Å². The molecule has 5 rings (SSSR count). The zero-order chi connectivity index (χ0) is 23.3. The van der Waals surface area contributed by atoms with Crippen molar-refractivity contribution < 1.29 is 18.7 Å². The molecule has 3 N–H and O–H groups in total. The molecule has 0 bridgehead atoms. The third-order valence-corrected chi connectivity index (χ3v) is 6.73. The van der Waals surface area contributed by atoms with Crippen LogP contribution in [-0.2, 0) is 17.9 Å². The number of hydrogen-bond donors (Lipinski definition) is 2. The van der Waals surface area contributed by atoms with Gasteiger partial charge in [-0.05, 0) is 38.5 Å². The monoisotopic (exact) mass is 466 g/mol. The fourth-order valence-corrected chi connectivity index (χ4v) is 5.14. The third kappa shape index (κ3) is 3.77. The summed E-state index contributed by atoms with van der Waals surface area (Å²) >= 11 is 1.57. The van der Waals surface area contributed by atoms with Gasteiger partial charge in [-0.1, -0.05) is 0 Å². The topological polar surface area (TPSA) is 99.4 Å². The molecule has 1 atom stereocenters. The number of carbonyl (C=O) groups is 1. The Kier molecular flexibility index (Phi) is 5.38. The number of nitrogens with two attached hydrogens (primary N) is 1. The average molecular weight is 467 g/mol. The van der Waals surface area contributed by atoms with Crippen molar-refractivity contribution in [2.24, 2.45) is 0 Å². The molecule has 170 valence electrons. The third-order valence-electron chi connectivity index (χ3n) is 5.80. The van der Waals surface area contributed by atoms with Gasteiger partial charge in [0.15, 0.2) is 0 Å². The highest BCUT2D eigenvalue weighted by Crippen LogP contribution is 2.38. The summed E-state index contributed by atoms with van der Waals surface area (Å²) in [7, 11) is 0. The predicted octanol–water partition coefficient (Wildman–Crippen LogP) is 4.79. The van der Waals surface area contributed by atoms with Gasteiger partial charge in [0.25, 0.3) is 5.91 Å². The Balaban J connectivity index is 1.47. The van der Waals surface area contributed by atoms with Gasteiger partial charge in [0.2, 0.25) is 0 Å². The summed E-state index contributed by atoms with van der Waals surface area (Å²) < 4.78 is 27.3. The molecule has 2 aromatic carbocycles. The Bertz CT molecular complexity index is 1420. The van der Waals surface area contributed by atoms with Crippen LogP contribution in [0.1, 0.15) is 52.0 Å². The normalized spacial score (nSPS) is 15.2. The maximum Gasteiger partial charge on any atom is 0.254 e. The van der Waals surface area contributed by atoms with E-state index in [-0.39, 0.29) is 18.2 Å². The number of aryl methyl sites for hydroxylation is 1. The number of halogens is 1. The summed E-state index contributed by atoms with van der Waals surface area (Å²) in [6, 6.07) is 6.62. The lowest BCUT2D eigenvalue weighted by molar-refractivity contribution is 0.0801. The van der Waals surface area contributed by atoms with Gasteiger partial charge >= 0.3 is 0 Å². The lowest BCUT2D eigenvalue weighted by Gasteiger charge is -2.13. The van der Waals surface area contributed by atoms with Gasteiger partial charge in [-0.15, -0.1) is 11.3 Å². The van der Waals surface area contributed by atoms with Gasteiger partial charge in [-0.3, -0.25) is 4.79 Å². The van der Waals surface area contributed by atoms with E-state index in [1.54, 1.807) is 11.3 Å². The largest absolute Gasteiger partial charge is 0.493 e. The van der Waals surface area contributed by atoms with Crippen LogP contribution in [0.2, 0.25) is 0 Å². The maximum atomic E-state index is 14.9. The molecule has 0 spiro atoms. The van der Waals surface area contributed by atoms with Crippen LogP contribution in [0, 0.1) is 12.7 Å². The molecule has 0 radical (unpaired) electrons. The van der Waals surface area contributed by atoms with Gasteiger partial charge in [-0.2, -0.15) is 0 Å². The van der Waals surface area contributed by atoms with E-state index in [1.807, 2.05) is 32.9 Å². The second-order valence-corrected chi connectivity index (χ2v) is 9.20. The SMILES string of the molecule is CCOc1cc2nc(C)sc2cc1CNC(=O)c1cc2c3c(c(N)nc2cc1F)C(C)OC3. The summed E-state index contributed by atoms with van der Waals surface area (Å²) in [6.07, 6.45) is -0.193. The molecule has 4 aromatic rings. The van der Waals surface area contributed by atoms with Crippen molar-refractivity contribution in [2.75, 3.05) is 12.3 Å². The number of nitrogens with one attached hydrogen (secondary N) is 1. The number of nitrogen functional groups attached to an aromatic ring is 1. The van der Waals surface area contributed by atoms with Crippen molar-refractivity contribution in [1.82, 2.24) is 15.3 Å². The number of benzene rings is 2. The van der Waals surface area contributed by atoms with Crippen LogP contribution in [0.25, 0.3) is 21.1 Å². The number of carbonyl (C=O) groups excluding carboxylic acids is 1. The molecule has 33 heavy (non-hydrogen) atoms. The van der Waals surface area contributed by atoms with Gasteiger partial charge in [0, 0.05) is 35.2 Å². The Hall–Kier alpha value is -3.30. The minimum atomic E-state index is -0.655. The van der Waals surface area contributed by atoms with Crippen molar-refractivity contribution in [3.8, 4) is 5.75 Å². The zero-order valence-corrected chi connectivity index (χ0v) is 19.3. The summed E-state index contributed by atoms with van der Waals surface area (Å²) in [5.74, 6) is -0.193. The Morgan fingerprint density at radius 3 is 2.91 bits per heavy atom. The fraction of sp³-hybridized carbons (Fsp3) is 0.292. The van der Waals surface area contributed by atoms with E-state index in [0.29, 0.717) is 35.7 Å². The molecular weight excluding hydrogens is 443 g/mol. The van der Waals surface area contributed by atoms with Crippen LogP contribution in [-0.4, -0.2) is 22.5 Å². The number of nitrogens with zero attached hydrogens (tertiary/aromatic N) is 2. The van der Waals surface area contributed by atoms with Gasteiger partial charge in [0.05, 0.1) is 45.6 Å². The molecule has 1 aliphatic heterocycles. The first kappa shape index (κ1) is 21.5. The van der Waals surface area contributed by atoms with E-state index in [4.69, 9.17) is 15.2 Å². The van der Waals surface area contributed by atoms with Gasteiger partial charge < -0.3 is 20.5 Å². The molecule has 0 aliphatic carbocycles. The van der Waals surface area contributed by atoms with Crippen LogP contribution in [0.5, 0.6) is 5.75 Å². The molecule has 0 fully saturated rings. The number of amides is 1. The van der Waals surface area contributed by atoms with Crippen LogP contribution in [0.15, 0.2) is 24.3 Å². The first-order chi connectivity index (χ1) is 15.9. The number of aromatic nitrogens is 2. The van der Waals surface area contributed by atoms with Gasteiger partial charge in [0.1, 0.15) is 17.4 Å². The summed E-state index contributed by atoms with van der Waals surface area (Å²) in [5.41, 5.74) is 9.73. The lowest BCUT2D eigenvalue weighted by atomic mass is 10.00. The first-order valence-electron chi connectivity index (χ1n) is 10.7. The summed E-state index contributed by atoms with van der Waals surface area (Å²) in [5, 5.41) is 4.45. The summed E-state index contributed by atoms with van der Waals surface area (Å²) in [6.45, 7) is 6.75. The van der Waals surface area contributed by atoms with E-state index < -0.39 is 11.7 Å². The van der Waals surface area contributed by atoms with Crippen LogP contribution in [0.3, 0.4) is 0 Å². The molecular formula is C24H23FN4O3S. The van der Waals surface area contributed by atoms with Crippen molar-refractivity contribution in [3.63, 3.8) is 0 Å². The number of anilines is 1. The minimum absolute atomic E-state index is 0.0523. The Labute approximate surface area is 193 Å². The first-order valence-corrected chi connectivity index (χ1v) is 11.5. The molecule has 1 amide bonds. The number of pyridine rings is 1. The molecule has 7 nitrogen and oxygen atoms in total. The highest BCUT2D eigenvalue weighted by molar-refractivity contribution is 7.18. The van der Waals surface area contributed by atoms with Crippen molar-refractivity contribution in [3.05, 3.63) is 57.3 Å². The smallest absolute Gasteiger partial charge is 0.254 e. The quantitative estimate of drug-likeness (QED) is 0.439. The highest BCUT2D eigenvalue weighted by atomic mass is 32.1. The van der Waals surface area contributed by atoms with E-state index in [1.165, 1.54) is 12.1 Å². The number of ether oxygens (including phenoxy) is 2. The number of hydrogen-bond acceptors (Lipinski definition) is 7. The van der Waals surface area contributed by atoms with E-state index in [2.05, 4.69) is 15.3 Å².